The Bertz CT molecular complexity index is 798. The first kappa shape index (κ1) is 16.9. The highest BCUT2D eigenvalue weighted by Crippen LogP contribution is 2.20. The largest absolute Gasteiger partial charge is 0.355 e. The Morgan fingerprint density at radius 3 is 2.96 bits per heavy atom. The van der Waals surface area contributed by atoms with Crippen molar-refractivity contribution in [3.63, 3.8) is 0 Å². The molecule has 1 unspecified atom stereocenters. The fraction of sp³-hybridized carbons (Fsp3) is 0.500. The third-order valence-corrected chi connectivity index (χ3v) is 5.55. The second-order valence-corrected chi connectivity index (χ2v) is 8.06. The molecule has 1 aromatic carbocycles. The standard InChI is InChI=1S/C16H22N4O3S/c1-24(22,23)20-11-5-8-14(20)16(21)17-10-4-9-15-18-12-6-2-3-7-13(12)19-15/h2-3,6-7,14H,4-5,8-11H2,1H3,(H,17,21)(H,18,19). The van der Waals surface area contributed by atoms with Gasteiger partial charge >= 0.3 is 0 Å². The molecule has 0 saturated carbocycles. The number of amides is 1. The fourth-order valence-electron chi connectivity index (χ4n) is 3.11. The van der Waals surface area contributed by atoms with Gasteiger partial charge in [-0.3, -0.25) is 4.79 Å². The lowest BCUT2D eigenvalue weighted by molar-refractivity contribution is -0.124. The van der Waals surface area contributed by atoms with Gasteiger partial charge in [0.25, 0.3) is 0 Å². The summed E-state index contributed by atoms with van der Waals surface area (Å²) >= 11 is 0. The number of aromatic nitrogens is 2. The third-order valence-electron chi connectivity index (χ3n) is 4.26. The quantitative estimate of drug-likeness (QED) is 0.761. The van der Waals surface area contributed by atoms with Crippen LogP contribution in [0.3, 0.4) is 0 Å². The zero-order chi connectivity index (χ0) is 17.2. The van der Waals surface area contributed by atoms with Crippen LogP contribution < -0.4 is 5.32 Å². The minimum Gasteiger partial charge on any atom is -0.355 e. The van der Waals surface area contributed by atoms with E-state index in [2.05, 4.69) is 15.3 Å². The van der Waals surface area contributed by atoms with E-state index in [9.17, 15) is 13.2 Å². The molecule has 0 radical (unpaired) electrons. The number of H-pyrrole nitrogens is 1. The number of nitrogens with zero attached hydrogens (tertiary/aromatic N) is 2. The first-order chi connectivity index (χ1) is 11.4. The van der Waals surface area contributed by atoms with E-state index in [1.165, 1.54) is 4.31 Å². The summed E-state index contributed by atoms with van der Waals surface area (Å²) in [5.41, 5.74) is 1.94. The van der Waals surface area contributed by atoms with Gasteiger partial charge in [0.2, 0.25) is 15.9 Å². The van der Waals surface area contributed by atoms with Gasteiger partial charge in [0.05, 0.1) is 17.3 Å². The number of benzene rings is 1. The van der Waals surface area contributed by atoms with Crippen LogP contribution >= 0.6 is 0 Å². The highest BCUT2D eigenvalue weighted by molar-refractivity contribution is 7.88. The van der Waals surface area contributed by atoms with Gasteiger partial charge < -0.3 is 10.3 Å². The number of rotatable bonds is 6. The van der Waals surface area contributed by atoms with Crippen LogP contribution in [0.1, 0.15) is 25.1 Å². The molecule has 0 bridgehead atoms. The first-order valence-electron chi connectivity index (χ1n) is 8.13. The lowest BCUT2D eigenvalue weighted by Crippen LogP contribution is -2.45. The zero-order valence-electron chi connectivity index (χ0n) is 13.7. The Morgan fingerprint density at radius 1 is 1.42 bits per heavy atom. The van der Waals surface area contributed by atoms with Gasteiger partial charge in [0, 0.05) is 19.5 Å². The van der Waals surface area contributed by atoms with Gasteiger partial charge in [-0.1, -0.05) is 12.1 Å². The monoisotopic (exact) mass is 350 g/mol. The van der Waals surface area contributed by atoms with E-state index in [1.54, 1.807) is 0 Å². The molecule has 1 aliphatic heterocycles. The van der Waals surface area contributed by atoms with Crippen LogP contribution in [-0.4, -0.2) is 54.0 Å². The maximum absolute atomic E-state index is 12.2. The molecule has 1 amide bonds. The Labute approximate surface area is 141 Å². The topological polar surface area (TPSA) is 95.2 Å². The van der Waals surface area contributed by atoms with E-state index in [0.29, 0.717) is 19.5 Å². The molecule has 1 saturated heterocycles. The Balaban J connectivity index is 1.48. The zero-order valence-corrected chi connectivity index (χ0v) is 14.5. The number of fused-ring (bicyclic) bond motifs is 1. The summed E-state index contributed by atoms with van der Waals surface area (Å²) < 4.78 is 24.7. The minimum atomic E-state index is -3.33. The molecule has 2 heterocycles. The second kappa shape index (κ2) is 6.90. The molecule has 1 atom stereocenters. The van der Waals surface area contributed by atoms with Crippen molar-refractivity contribution in [3.05, 3.63) is 30.1 Å². The number of carbonyl (C=O) groups excluding carboxylic acids is 1. The van der Waals surface area contributed by atoms with Crippen LogP contribution in [0.4, 0.5) is 0 Å². The summed E-state index contributed by atoms with van der Waals surface area (Å²) in [4.78, 5) is 20.0. The number of aryl methyl sites for hydroxylation is 1. The number of nitrogens with one attached hydrogen (secondary N) is 2. The summed E-state index contributed by atoms with van der Waals surface area (Å²) in [7, 11) is -3.33. The van der Waals surface area contributed by atoms with Crippen molar-refractivity contribution in [1.29, 1.82) is 0 Å². The predicted molar refractivity (Wildman–Crippen MR) is 92.0 cm³/mol. The van der Waals surface area contributed by atoms with Crippen LogP contribution in [0, 0.1) is 0 Å². The van der Waals surface area contributed by atoms with Crippen LogP contribution in [0.2, 0.25) is 0 Å². The summed E-state index contributed by atoms with van der Waals surface area (Å²) in [5.74, 6) is 0.687. The number of para-hydroxylation sites is 2. The average Bonchev–Trinajstić information content (AvgIpc) is 3.16. The highest BCUT2D eigenvalue weighted by Gasteiger charge is 2.36. The van der Waals surface area contributed by atoms with Crippen molar-refractivity contribution < 1.29 is 13.2 Å². The molecular weight excluding hydrogens is 328 g/mol. The number of aromatic amines is 1. The summed E-state index contributed by atoms with van der Waals surface area (Å²) in [5, 5.41) is 2.84. The molecule has 1 fully saturated rings. The second-order valence-electron chi connectivity index (χ2n) is 6.13. The van der Waals surface area contributed by atoms with E-state index in [4.69, 9.17) is 0 Å². The Kier molecular flexibility index (Phi) is 4.86. The van der Waals surface area contributed by atoms with Crippen molar-refractivity contribution in [2.24, 2.45) is 0 Å². The van der Waals surface area contributed by atoms with Gasteiger partial charge in [0.15, 0.2) is 0 Å². The number of hydrogen-bond donors (Lipinski definition) is 2. The molecule has 7 nitrogen and oxygen atoms in total. The Hall–Kier alpha value is -1.93. The van der Waals surface area contributed by atoms with Gasteiger partial charge in [-0.05, 0) is 31.4 Å². The van der Waals surface area contributed by atoms with E-state index in [0.717, 1.165) is 42.4 Å². The van der Waals surface area contributed by atoms with Crippen LogP contribution in [0.25, 0.3) is 11.0 Å². The molecule has 0 aliphatic carbocycles. The highest BCUT2D eigenvalue weighted by atomic mass is 32.2. The van der Waals surface area contributed by atoms with E-state index in [1.807, 2.05) is 24.3 Å². The van der Waals surface area contributed by atoms with Gasteiger partial charge in [0.1, 0.15) is 11.9 Å². The van der Waals surface area contributed by atoms with Crippen LogP contribution in [-0.2, 0) is 21.2 Å². The molecule has 24 heavy (non-hydrogen) atoms. The summed E-state index contributed by atoms with van der Waals surface area (Å²) in [6.07, 6.45) is 3.94. The lowest BCUT2D eigenvalue weighted by atomic mass is 10.2. The number of hydrogen-bond acceptors (Lipinski definition) is 4. The third kappa shape index (κ3) is 3.76. The normalized spacial score (nSPS) is 19.0. The van der Waals surface area contributed by atoms with E-state index in [-0.39, 0.29) is 5.91 Å². The lowest BCUT2D eigenvalue weighted by Gasteiger charge is -2.21. The van der Waals surface area contributed by atoms with Crippen molar-refractivity contribution in [2.45, 2.75) is 31.7 Å². The predicted octanol–water partition coefficient (Wildman–Crippen LogP) is 1.04. The van der Waals surface area contributed by atoms with E-state index < -0.39 is 16.1 Å². The molecule has 2 aromatic rings. The molecule has 1 aromatic heterocycles. The van der Waals surface area contributed by atoms with Crippen molar-refractivity contribution in [3.8, 4) is 0 Å². The minimum absolute atomic E-state index is 0.206. The van der Waals surface area contributed by atoms with E-state index >= 15 is 0 Å². The fourth-order valence-corrected chi connectivity index (χ4v) is 4.23. The maximum atomic E-state index is 12.2. The number of sulfonamides is 1. The van der Waals surface area contributed by atoms with Crippen molar-refractivity contribution in [2.75, 3.05) is 19.3 Å². The maximum Gasteiger partial charge on any atom is 0.238 e. The van der Waals surface area contributed by atoms with Gasteiger partial charge in [-0.15, -0.1) is 0 Å². The molecule has 0 spiro atoms. The smallest absolute Gasteiger partial charge is 0.238 e. The summed E-state index contributed by atoms with van der Waals surface area (Å²) in [6.45, 7) is 0.930. The van der Waals surface area contributed by atoms with Gasteiger partial charge in [-0.25, -0.2) is 13.4 Å². The SMILES string of the molecule is CS(=O)(=O)N1CCCC1C(=O)NCCCc1nc2ccccc2[nH]1. The first-order valence-corrected chi connectivity index (χ1v) is 9.98. The molecule has 2 N–H and O–H groups in total. The van der Waals surface area contributed by atoms with Gasteiger partial charge in [-0.2, -0.15) is 4.31 Å². The number of carbonyl (C=O) groups is 1. The number of imidazole rings is 1. The molecule has 3 rings (SSSR count). The molecule has 1 aliphatic rings. The average molecular weight is 350 g/mol. The Morgan fingerprint density at radius 2 is 2.21 bits per heavy atom. The molecular formula is C16H22N4O3S. The summed E-state index contributed by atoms with van der Waals surface area (Å²) in [6, 6.07) is 7.28. The molecule has 8 heteroatoms. The van der Waals surface area contributed by atoms with Crippen molar-refractivity contribution in [1.82, 2.24) is 19.6 Å². The molecule has 130 valence electrons. The van der Waals surface area contributed by atoms with Crippen LogP contribution in [0.5, 0.6) is 0 Å². The van der Waals surface area contributed by atoms with Crippen molar-refractivity contribution >= 4 is 27.0 Å². The van der Waals surface area contributed by atoms with Crippen LogP contribution in [0.15, 0.2) is 24.3 Å².